The molecule has 0 amide bonds. The Kier molecular flexibility index (Phi) is 2.28. The molecule has 0 heterocycles. The summed E-state index contributed by atoms with van der Waals surface area (Å²) in [4.78, 5) is 10.3. The monoisotopic (exact) mass is 166 g/mol. The maximum Gasteiger partial charge on any atom is 0.108 e. The van der Waals surface area contributed by atoms with E-state index in [1.54, 1.807) is 24.3 Å². The second-order valence-electron chi connectivity index (χ2n) is 2.01. The molecule has 0 aliphatic rings. The van der Waals surface area contributed by atoms with Crippen molar-refractivity contribution in [3.05, 3.63) is 34.7 Å². The molecular formula is C7H6N2OS. The number of nitroso groups, excluding NO2 is 1. The van der Waals surface area contributed by atoms with Crippen LogP contribution in [0.25, 0.3) is 0 Å². The highest BCUT2D eigenvalue weighted by atomic mass is 32.1. The summed E-state index contributed by atoms with van der Waals surface area (Å²) in [6.07, 6.45) is 0. The van der Waals surface area contributed by atoms with E-state index in [0.717, 1.165) is 0 Å². The molecule has 0 unspecified atom stereocenters. The van der Waals surface area contributed by atoms with E-state index >= 15 is 0 Å². The van der Waals surface area contributed by atoms with Crippen molar-refractivity contribution in [3.63, 3.8) is 0 Å². The first-order valence-corrected chi connectivity index (χ1v) is 3.38. The Morgan fingerprint density at radius 2 is 2.27 bits per heavy atom. The molecule has 2 N–H and O–H groups in total. The van der Waals surface area contributed by atoms with E-state index in [9.17, 15) is 4.91 Å². The summed E-state index contributed by atoms with van der Waals surface area (Å²) in [5.41, 5.74) is 6.33. The zero-order valence-electron chi connectivity index (χ0n) is 5.65. The number of hydrogen-bond acceptors (Lipinski definition) is 3. The van der Waals surface area contributed by atoms with Gasteiger partial charge < -0.3 is 5.73 Å². The first kappa shape index (κ1) is 7.81. The third-order valence-corrected chi connectivity index (χ3v) is 1.47. The minimum atomic E-state index is 0.274. The lowest BCUT2D eigenvalue weighted by Gasteiger charge is -1.95. The molecule has 0 saturated carbocycles. The molecular weight excluding hydrogens is 160 g/mol. The van der Waals surface area contributed by atoms with Crippen molar-refractivity contribution in [1.29, 1.82) is 0 Å². The number of thiocarbonyl (C=S) groups is 1. The predicted octanol–water partition coefficient (Wildman–Crippen LogP) is 1.72. The average molecular weight is 166 g/mol. The highest BCUT2D eigenvalue weighted by molar-refractivity contribution is 7.80. The smallest absolute Gasteiger partial charge is 0.108 e. The Morgan fingerprint density at radius 3 is 2.82 bits per heavy atom. The van der Waals surface area contributed by atoms with Crippen LogP contribution >= 0.6 is 12.2 Å². The van der Waals surface area contributed by atoms with Gasteiger partial charge in [0.05, 0.1) is 0 Å². The van der Waals surface area contributed by atoms with Gasteiger partial charge in [-0.25, -0.2) is 0 Å². The highest BCUT2D eigenvalue weighted by Crippen LogP contribution is 2.12. The van der Waals surface area contributed by atoms with E-state index in [2.05, 4.69) is 5.18 Å². The Hall–Kier alpha value is -1.29. The lowest BCUT2D eigenvalue weighted by Crippen LogP contribution is -2.08. The van der Waals surface area contributed by atoms with Crippen LogP contribution in [0.4, 0.5) is 5.69 Å². The SMILES string of the molecule is NC(=S)c1cccc(N=O)c1. The molecule has 0 aliphatic heterocycles. The van der Waals surface area contributed by atoms with Gasteiger partial charge in [0.25, 0.3) is 0 Å². The summed E-state index contributed by atoms with van der Waals surface area (Å²) in [5, 5.41) is 2.75. The molecule has 0 aliphatic carbocycles. The summed E-state index contributed by atoms with van der Waals surface area (Å²) in [6.45, 7) is 0. The normalized spacial score (nSPS) is 9.09. The molecule has 0 radical (unpaired) electrons. The number of hydrogen-bond donors (Lipinski definition) is 1. The molecule has 1 aromatic carbocycles. The lowest BCUT2D eigenvalue weighted by molar-refractivity contribution is 1.48. The number of nitrogens with two attached hydrogens (primary N) is 1. The van der Waals surface area contributed by atoms with Crippen LogP contribution in [0.15, 0.2) is 29.4 Å². The van der Waals surface area contributed by atoms with Crippen LogP contribution in [0.5, 0.6) is 0 Å². The third kappa shape index (κ3) is 1.81. The molecule has 0 saturated heterocycles. The summed E-state index contributed by atoms with van der Waals surface area (Å²) >= 11 is 4.70. The van der Waals surface area contributed by atoms with Gasteiger partial charge in [-0.3, -0.25) is 0 Å². The molecule has 0 spiro atoms. The Morgan fingerprint density at radius 1 is 1.55 bits per heavy atom. The van der Waals surface area contributed by atoms with Gasteiger partial charge in [0.15, 0.2) is 0 Å². The lowest BCUT2D eigenvalue weighted by atomic mass is 10.2. The van der Waals surface area contributed by atoms with Crippen molar-refractivity contribution in [3.8, 4) is 0 Å². The first-order valence-electron chi connectivity index (χ1n) is 2.97. The Labute approximate surface area is 69.2 Å². The van der Waals surface area contributed by atoms with Crippen LogP contribution in [0, 0.1) is 4.91 Å². The molecule has 0 bridgehead atoms. The van der Waals surface area contributed by atoms with Gasteiger partial charge >= 0.3 is 0 Å². The number of rotatable bonds is 2. The minimum absolute atomic E-state index is 0.274. The van der Waals surface area contributed by atoms with Crippen LogP contribution in [0.2, 0.25) is 0 Å². The first-order chi connectivity index (χ1) is 5.24. The standard InChI is InChI=1S/C7H6N2OS/c8-7(11)5-2-1-3-6(4-5)9-10/h1-4H,(H2,8,11). The second kappa shape index (κ2) is 3.21. The zero-order valence-corrected chi connectivity index (χ0v) is 6.47. The van der Waals surface area contributed by atoms with Crippen molar-refractivity contribution < 1.29 is 0 Å². The maximum atomic E-state index is 10.0. The minimum Gasteiger partial charge on any atom is -0.389 e. The maximum absolute atomic E-state index is 10.0. The van der Waals surface area contributed by atoms with Crippen LogP contribution < -0.4 is 5.73 Å². The van der Waals surface area contributed by atoms with Crippen LogP contribution in [-0.2, 0) is 0 Å². The van der Waals surface area contributed by atoms with Crippen molar-refractivity contribution >= 4 is 22.9 Å². The van der Waals surface area contributed by atoms with Crippen molar-refractivity contribution in [2.45, 2.75) is 0 Å². The molecule has 56 valence electrons. The fourth-order valence-electron chi connectivity index (χ4n) is 0.716. The van der Waals surface area contributed by atoms with Gasteiger partial charge in [0.2, 0.25) is 0 Å². The van der Waals surface area contributed by atoms with Gasteiger partial charge in [0.1, 0.15) is 10.7 Å². The molecule has 0 atom stereocenters. The quantitative estimate of drug-likeness (QED) is 0.537. The number of nitrogens with zero attached hydrogens (tertiary/aromatic N) is 1. The van der Waals surface area contributed by atoms with E-state index in [-0.39, 0.29) is 4.99 Å². The van der Waals surface area contributed by atoms with Crippen LogP contribution in [0.1, 0.15) is 5.56 Å². The molecule has 11 heavy (non-hydrogen) atoms. The van der Waals surface area contributed by atoms with Crippen LogP contribution in [-0.4, -0.2) is 4.99 Å². The van der Waals surface area contributed by atoms with Gasteiger partial charge in [-0.2, -0.15) is 0 Å². The molecule has 1 rings (SSSR count). The Balaban J connectivity index is 3.10. The molecule has 0 fully saturated rings. The highest BCUT2D eigenvalue weighted by Gasteiger charge is 1.96. The van der Waals surface area contributed by atoms with Gasteiger partial charge in [-0.1, -0.05) is 24.4 Å². The van der Waals surface area contributed by atoms with E-state index < -0.39 is 0 Å². The van der Waals surface area contributed by atoms with E-state index in [4.69, 9.17) is 18.0 Å². The average Bonchev–Trinajstić information content (AvgIpc) is 2.05. The third-order valence-electron chi connectivity index (χ3n) is 1.24. The Bertz CT molecular complexity index is 298. The van der Waals surface area contributed by atoms with E-state index in [0.29, 0.717) is 11.3 Å². The van der Waals surface area contributed by atoms with Crippen molar-refractivity contribution in [1.82, 2.24) is 0 Å². The zero-order chi connectivity index (χ0) is 8.27. The fraction of sp³-hybridized carbons (Fsp3) is 0. The largest absolute Gasteiger partial charge is 0.389 e. The van der Waals surface area contributed by atoms with Gasteiger partial charge in [-0.15, -0.1) is 4.91 Å². The summed E-state index contributed by atoms with van der Waals surface area (Å²) in [5.74, 6) is 0. The molecule has 4 heteroatoms. The van der Waals surface area contributed by atoms with Gasteiger partial charge in [-0.05, 0) is 17.3 Å². The summed E-state index contributed by atoms with van der Waals surface area (Å²) in [6, 6.07) is 6.56. The molecule has 3 nitrogen and oxygen atoms in total. The molecule has 0 aromatic heterocycles. The van der Waals surface area contributed by atoms with Crippen LogP contribution in [0.3, 0.4) is 0 Å². The molecule has 1 aromatic rings. The van der Waals surface area contributed by atoms with Gasteiger partial charge in [0, 0.05) is 5.56 Å². The van der Waals surface area contributed by atoms with E-state index in [1.807, 2.05) is 0 Å². The second-order valence-corrected chi connectivity index (χ2v) is 2.45. The van der Waals surface area contributed by atoms with E-state index in [1.165, 1.54) is 0 Å². The fourth-order valence-corrected chi connectivity index (χ4v) is 0.843. The van der Waals surface area contributed by atoms with Crippen molar-refractivity contribution in [2.24, 2.45) is 10.9 Å². The summed E-state index contributed by atoms with van der Waals surface area (Å²) < 4.78 is 0. The number of benzene rings is 1. The van der Waals surface area contributed by atoms with Crippen molar-refractivity contribution in [2.75, 3.05) is 0 Å². The summed E-state index contributed by atoms with van der Waals surface area (Å²) in [7, 11) is 0. The topological polar surface area (TPSA) is 55.4 Å². The predicted molar refractivity (Wildman–Crippen MR) is 47.8 cm³/mol.